The summed E-state index contributed by atoms with van der Waals surface area (Å²) in [6, 6.07) is 3.71. The molecular formula is C14H24N2O2S. The number of nitrogens with one attached hydrogen (secondary N) is 2. The first kappa shape index (κ1) is 16.0. The quantitative estimate of drug-likeness (QED) is 0.720. The largest absolute Gasteiger partial charge is 0.396 e. The number of thiophene rings is 1. The van der Waals surface area contributed by atoms with E-state index < -0.39 is 0 Å². The predicted molar refractivity (Wildman–Crippen MR) is 80.7 cm³/mol. The zero-order chi connectivity index (χ0) is 14.3. The lowest BCUT2D eigenvalue weighted by molar-refractivity contribution is 0.231. The summed E-state index contributed by atoms with van der Waals surface area (Å²) < 4.78 is 0. The molecule has 1 aromatic rings. The van der Waals surface area contributed by atoms with Crippen LogP contribution < -0.4 is 10.6 Å². The van der Waals surface area contributed by atoms with Crippen molar-refractivity contribution in [2.75, 3.05) is 18.5 Å². The van der Waals surface area contributed by atoms with Crippen molar-refractivity contribution in [3.05, 3.63) is 17.0 Å². The van der Waals surface area contributed by atoms with Gasteiger partial charge in [-0.25, -0.2) is 4.79 Å². The summed E-state index contributed by atoms with van der Waals surface area (Å²) in [7, 11) is 0. The zero-order valence-corrected chi connectivity index (χ0v) is 12.7. The van der Waals surface area contributed by atoms with Crippen molar-refractivity contribution in [1.29, 1.82) is 0 Å². The maximum Gasteiger partial charge on any atom is 0.319 e. The molecule has 1 heterocycles. The van der Waals surface area contributed by atoms with Crippen LogP contribution in [-0.2, 0) is 0 Å². The van der Waals surface area contributed by atoms with Crippen molar-refractivity contribution in [1.82, 2.24) is 5.32 Å². The highest BCUT2D eigenvalue weighted by atomic mass is 32.1. The average molecular weight is 284 g/mol. The van der Waals surface area contributed by atoms with E-state index in [0.717, 1.165) is 17.8 Å². The first-order chi connectivity index (χ1) is 9.01. The summed E-state index contributed by atoms with van der Waals surface area (Å²) in [6.07, 6.45) is 1.75. The van der Waals surface area contributed by atoms with Crippen LogP contribution in [0.5, 0.6) is 0 Å². The van der Waals surface area contributed by atoms with Crippen LogP contribution in [0.4, 0.5) is 9.80 Å². The molecule has 0 aliphatic rings. The Kier molecular flexibility index (Phi) is 6.87. The molecule has 3 N–H and O–H groups in total. The number of aliphatic hydroxyl groups excluding tert-OH is 1. The molecule has 1 rings (SSSR count). The standard InChI is InChI=1S/C14H24N2O2S/c1-10(2)8-12(6-7-17)9-15-14(18)16-13-5-4-11(3)19-13/h4-5,10,12,17H,6-9H2,1-3H3,(H2,15,16,18). The van der Waals surface area contributed by atoms with Gasteiger partial charge in [-0.15, -0.1) is 11.3 Å². The monoisotopic (exact) mass is 284 g/mol. The molecule has 2 amide bonds. The zero-order valence-electron chi connectivity index (χ0n) is 11.9. The summed E-state index contributed by atoms with van der Waals surface area (Å²) in [4.78, 5) is 12.9. The highest BCUT2D eigenvalue weighted by molar-refractivity contribution is 7.16. The fraction of sp³-hybridized carbons (Fsp3) is 0.643. The number of anilines is 1. The number of rotatable bonds is 7. The van der Waals surface area contributed by atoms with Crippen molar-refractivity contribution in [3.63, 3.8) is 0 Å². The second-order valence-electron chi connectivity index (χ2n) is 5.25. The number of urea groups is 1. The van der Waals surface area contributed by atoms with Crippen LogP contribution in [0, 0.1) is 18.8 Å². The van der Waals surface area contributed by atoms with Crippen molar-refractivity contribution in [3.8, 4) is 0 Å². The highest BCUT2D eigenvalue weighted by Crippen LogP contribution is 2.20. The number of carbonyl (C=O) groups excluding carboxylic acids is 1. The molecule has 0 bridgehead atoms. The Morgan fingerprint density at radius 2 is 2.16 bits per heavy atom. The normalized spacial score (nSPS) is 12.5. The van der Waals surface area contributed by atoms with Crippen LogP contribution >= 0.6 is 11.3 Å². The molecular weight excluding hydrogens is 260 g/mol. The van der Waals surface area contributed by atoms with Gasteiger partial charge in [0.1, 0.15) is 0 Å². The first-order valence-electron chi connectivity index (χ1n) is 6.73. The minimum atomic E-state index is -0.173. The lowest BCUT2D eigenvalue weighted by Gasteiger charge is -2.18. The third-order valence-electron chi connectivity index (χ3n) is 2.87. The fourth-order valence-electron chi connectivity index (χ4n) is 2.05. The summed E-state index contributed by atoms with van der Waals surface area (Å²) >= 11 is 1.56. The molecule has 0 radical (unpaired) electrons. The van der Waals surface area contributed by atoms with E-state index in [1.54, 1.807) is 11.3 Å². The van der Waals surface area contributed by atoms with Gasteiger partial charge in [-0.05, 0) is 43.7 Å². The summed E-state index contributed by atoms with van der Waals surface area (Å²) in [6.45, 7) is 7.09. The maximum absolute atomic E-state index is 11.7. The molecule has 4 nitrogen and oxygen atoms in total. The van der Waals surface area contributed by atoms with E-state index in [1.807, 2.05) is 19.1 Å². The van der Waals surface area contributed by atoms with Gasteiger partial charge >= 0.3 is 6.03 Å². The predicted octanol–water partition coefficient (Wildman–Crippen LogP) is 3.22. The Bertz CT molecular complexity index is 391. The van der Waals surface area contributed by atoms with Gasteiger partial charge in [0.05, 0.1) is 5.00 Å². The van der Waals surface area contributed by atoms with Gasteiger partial charge in [0, 0.05) is 18.0 Å². The number of aryl methyl sites for hydroxylation is 1. The van der Waals surface area contributed by atoms with Gasteiger partial charge < -0.3 is 10.4 Å². The van der Waals surface area contributed by atoms with Gasteiger partial charge in [-0.1, -0.05) is 13.8 Å². The van der Waals surface area contributed by atoms with E-state index in [0.29, 0.717) is 18.4 Å². The molecule has 108 valence electrons. The number of aliphatic hydroxyl groups is 1. The maximum atomic E-state index is 11.7. The summed E-state index contributed by atoms with van der Waals surface area (Å²) in [5.74, 6) is 0.905. The molecule has 0 saturated heterocycles. The van der Waals surface area contributed by atoms with E-state index in [1.165, 1.54) is 4.88 Å². The smallest absolute Gasteiger partial charge is 0.319 e. The number of amides is 2. The van der Waals surface area contributed by atoms with Crippen LogP contribution in [0.15, 0.2) is 12.1 Å². The Morgan fingerprint density at radius 3 is 2.68 bits per heavy atom. The minimum absolute atomic E-state index is 0.171. The third kappa shape index (κ3) is 6.59. The van der Waals surface area contributed by atoms with E-state index in [-0.39, 0.29) is 12.6 Å². The molecule has 0 fully saturated rings. The Hall–Kier alpha value is -1.07. The van der Waals surface area contributed by atoms with Crippen molar-refractivity contribution >= 4 is 22.4 Å². The van der Waals surface area contributed by atoms with Gasteiger partial charge in [-0.3, -0.25) is 5.32 Å². The number of hydrogen-bond donors (Lipinski definition) is 3. The molecule has 1 atom stereocenters. The number of hydrogen-bond acceptors (Lipinski definition) is 3. The SMILES string of the molecule is Cc1ccc(NC(=O)NCC(CCO)CC(C)C)s1. The molecule has 19 heavy (non-hydrogen) atoms. The summed E-state index contributed by atoms with van der Waals surface area (Å²) in [5, 5.41) is 15.6. The van der Waals surface area contributed by atoms with Gasteiger partial charge in [0.15, 0.2) is 0 Å². The molecule has 1 unspecified atom stereocenters. The van der Waals surface area contributed by atoms with Crippen molar-refractivity contribution < 1.29 is 9.90 Å². The minimum Gasteiger partial charge on any atom is -0.396 e. The van der Waals surface area contributed by atoms with E-state index in [4.69, 9.17) is 5.11 Å². The topological polar surface area (TPSA) is 61.4 Å². The van der Waals surface area contributed by atoms with E-state index in [2.05, 4.69) is 24.5 Å². The molecule has 0 saturated carbocycles. The Balaban J connectivity index is 2.34. The number of carbonyl (C=O) groups is 1. The second-order valence-corrected chi connectivity index (χ2v) is 6.54. The second kappa shape index (κ2) is 8.17. The molecule has 0 spiro atoms. The van der Waals surface area contributed by atoms with Gasteiger partial charge in [0.2, 0.25) is 0 Å². The lowest BCUT2D eigenvalue weighted by atomic mass is 9.94. The first-order valence-corrected chi connectivity index (χ1v) is 7.55. The molecule has 5 heteroatoms. The van der Waals surface area contributed by atoms with Crippen molar-refractivity contribution in [2.45, 2.75) is 33.6 Å². The van der Waals surface area contributed by atoms with Crippen LogP contribution in [0.1, 0.15) is 31.6 Å². The van der Waals surface area contributed by atoms with Crippen molar-refractivity contribution in [2.24, 2.45) is 11.8 Å². The molecule has 0 aliphatic carbocycles. The lowest BCUT2D eigenvalue weighted by Crippen LogP contribution is -2.33. The van der Waals surface area contributed by atoms with Crippen LogP contribution in [-0.4, -0.2) is 24.3 Å². The van der Waals surface area contributed by atoms with Crippen LogP contribution in [0.25, 0.3) is 0 Å². The molecule has 1 aromatic heterocycles. The Labute approximate surface area is 119 Å². The van der Waals surface area contributed by atoms with Crippen LogP contribution in [0.3, 0.4) is 0 Å². The molecule has 0 aliphatic heterocycles. The average Bonchev–Trinajstić information content (AvgIpc) is 2.71. The van der Waals surface area contributed by atoms with E-state index >= 15 is 0 Å². The van der Waals surface area contributed by atoms with Gasteiger partial charge in [0.25, 0.3) is 0 Å². The Morgan fingerprint density at radius 1 is 1.42 bits per heavy atom. The molecule has 0 aromatic carbocycles. The van der Waals surface area contributed by atoms with Gasteiger partial charge in [-0.2, -0.15) is 0 Å². The summed E-state index contributed by atoms with van der Waals surface area (Å²) in [5.41, 5.74) is 0. The van der Waals surface area contributed by atoms with E-state index in [9.17, 15) is 4.79 Å². The fourth-order valence-corrected chi connectivity index (χ4v) is 2.81. The van der Waals surface area contributed by atoms with Crippen LogP contribution in [0.2, 0.25) is 0 Å². The third-order valence-corrected chi connectivity index (χ3v) is 3.79. The highest BCUT2D eigenvalue weighted by Gasteiger charge is 2.12.